The number of aromatic nitrogens is 2. The minimum Gasteiger partial charge on any atom is -0.395 e. The van der Waals surface area contributed by atoms with Crippen LogP contribution in [-0.2, 0) is 13.0 Å². The number of imidazole rings is 1. The van der Waals surface area contributed by atoms with Gasteiger partial charge in [-0.25, -0.2) is 9.37 Å². The van der Waals surface area contributed by atoms with E-state index < -0.39 is 11.8 Å². The number of unbranched alkanes of at least 4 members (excludes halogenated alkanes) is 1. The quantitative estimate of drug-likeness (QED) is 0.160. The van der Waals surface area contributed by atoms with Gasteiger partial charge in [-0.05, 0) is 42.3 Å². The predicted molar refractivity (Wildman–Crippen MR) is 149 cm³/mol. The maximum absolute atomic E-state index is 13.4. The van der Waals surface area contributed by atoms with Crippen molar-refractivity contribution in [1.29, 1.82) is 0 Å². The van der Waals surface area contributed by atoms with Crippen LogP contribution in [0.5, 0.6) is 0 Å². The second-order valence-electron chi connectivity index (χ2n) is 9.26. The van der Waals surface area contributed by atoms with Gasteiger partial charge in [-0.3, -0.25) is 19.9 Å². The summed E-state index contributed by atoms with van der Waals surface area (Å²) in [6.07, 6.45) is 4.27. The van der Waals surface area contributed by atoms with Gasteiger partial charge in [0, 0.05) is 34.9 Å². The number of β-amino-alcohol motifs (C(OH)–C–C–N with tert-alkyl or cyclic N) is 1. The largest absolute Gasteiger partial charge is 0.395 e. The highest BCUT2D eigenvalue weighted by Gasteiger charge is 2.32. The Bertz CT molecular complexity index is 1560. The highest BCUT2D eigenvalue weighted by molar-refractivity contribution is 6.31. The number of carbonyl (C=O) groups excluding carboxylic acids is 2. The smallest absolute Gasteiger partial charge is 0.261 e. The van der Waals surface area contributed by atoms with Crippen molar-refractivity contribution >= 4 is 46.1 Å². The molecule has 39 heavy (non-hydrogen) atoms. The first-order chi connectivity index (χ1) is 18.9. The molecule has 0 aliphatic carbocycles. The Morgan fingerprint density at radius 3 is 2.54 bits per heavy atom. The van der Waals surface area contributed by atoms with E-state index in [9.17, 15) is 19.1 Å². The molecule has 8 nitrogen and oxygen atoms in total. The van der Waals surface area contributed by atoms with E-state index in [1.807, 2.05) is 10.6 Å². The van der Waals surface area contributed by atoms with E-state index in [2.05, 4.69) is 22.4 Å². The van der Waals surface area contributed by atoms with E-state index in [4.69, 9.17) is 11.6 Å². The number of aliphatic hydroxyl groups is 1. The summed E-state index contributed by atoms with van der Waals surface area (Å²) in [6.45, 7) is 2.18. The van der Waals surface area contributed by atoms with Gasteiger partial charge in [0.05, 0.1) is 25.1 Å². The maximum atomic E-state index is 13.4. The lowest BCUT2D eigenvalue weighted by molar-refractivity contribution is 0.0580. The van der Waals surface area contributed by atoms with Crippen LogP contribution in [0.25, 0.3) is 10.8 Å². The Morgan fingerprint density at radius 2 is 1.82 bits per heavy atom. The molecule has 5 rings (SSSR count). The number of hydrazone groups is 1. The standard InChI is InChI=1S/C29H27ClFN5O3/c1-2-3-7-25-33-27(30)24(36(25)17-18-8-10-19(31)11-9-18)16-32-34-23-13-12-22-26-20(23)5-4-6-21(26)28(38)35(14-15-37)29(22)39/h4-6,8-13,16,34,37H,2-3,7,14-15,17H2,1H3/b32-16+. The van der Waals surface area contributed by atoms with Gasteiger partial charge >= 0.3 is 0 Å². The van der Waals surface area contributed by atoms with Crippen LogP contribution < -0.4 is 5.43 Å². The Kier molecular flexibility index (Phi) is 7.72. The normalized spacial score (nSPS) is 13.2. The van der Waals surface area contributed by atoms with Crippen molar-refractivity contribution in [2.75, 3.05) is 18.6 Å². The second-order valence-corrected chi connectivity index (χ2v) is 9.62. The molecule has 0 bridgehead atoms. The highest BCUT2D eigenvalue weighted by Crippen LogP contribution is 2.34. The van der Waals surface area contributed by atoms with Gasteiger partial charge in [-0.15, -0.1) is 0 Å². The number of hydrogen-bond donors (Lipinski definition) is 2. The molecule has 0 fully saturated rings. The number of nitrogens with zero attached hydrogens (tertiary/aromatic N) is 4. The average molecular weight is 548 g/mol. The number of rotatable bonds is 10. The first-order valence-corrected chi connectivity index (χ1v) is 13.1. The van der Waals surface area contributed by atoms with Crippen molar-refractivity contribution in [3.63, 3.8) is 0 Å². The van der Waals surface area contributed by atoms with E-state index in [-0.39, 0.29) is 19.0 Å². The van der Waals surface area contributed by atoms with Gasteiger partial charge in [-0.1, -0.05) is 49.2 Å². The van der Waals surface area contributed by atoms with Crippen LogP contribution >= 0.6 is 11.6 Å². The summed E-state index contributed by atoms with van der Waals surface area (Å²) in [5, 5.41) is 15.3. The van der Waals surface area contributed by atoms with Crippen LogP contribution in [0, 0.1) is 5.82 Å². The van der Waals surface area contributed by atoms with E-state index >= 15 is 0 Å². The number of aliphatic hydroxyl groups excluding tert-OH is 1. The second kappa shape index (κ2) is 11.3. The number of amides is 2. The molecule has 2 amide bonds. The summed E-state index contributed by atoms with van der Waals surface area (Å²) in [4.78, 5) is 31.5. The molecule has 0 saturated heterocycles. The predicted octanol–water partition coefficient (Wildman–Crippen LogP) is 5.25. The molecule has 0 unspecified atom stereocenters. The number of aryl methyl sites for hydroxylation is 1. The Morgan fingerprint density at radius 1 is 1.08 bits per heavy atom. The molecule has 3 aromatic carbocycles. The van der Waals surface area contributed by atoms with Crippen molar-refractivity contribution in [3.05, 3.63) is 93.8 Å². The SMILES string of the molecule is CCCCc1nc(Cl)c(/C=N/Nc2ccc3c4c(cccc24)C(=O)N(CCO)C3=O)n1Cc1ccc(F)cc1. The summed E-state index contributed by atoms with van der Waals surface area (Å²) in [7, 11) is 0. The molecule has 1 aromatic heterocycles. The molecular formula is C29H27ClFN5O3. The maximum Gasteiger partial charge on any atom is 0.261 e. The topological polar surface area (TPSA) is 99.8 Å². The number of halogens is 2. The summed E-state index contributed by atoms with van der Waals surface area (Å²) in [6, 6.07) is 14.9. The molecule has 0 saturated carbocycles. The minimum atomic E-state index is -0.441. The highest BCUT2D eigenvalue weighted by atomic mass is 35.5. The minimum absolute atomic E-state index is 0.0651. The summed E-state index contributed by atoms with van der Waals surface area (Å²) in [5.41, 5.74) is 5.92. The van der Waals surface area contributed by atoms with Gasteiger partial charge in [0.1, 0.15) is 17.3 Å². The molecule has 2 heterocycles. The summed E-state index contributed by atoms with van der Waals surface area (Å²) in [5.74, 6) is -0.364. The first-order valence-electron chi connectivity index (χ1n) is 12.7. The fourth-order valence-corrected chi connectivity index (χ4v) is 5.04. The Labute approximate surface area is 229 Å². The average Bonchev–Trinajstić information content (AvgIpc) is 3.23. The van der Waals surface area contributed by atoms with E-state index in [1.54, 1.807) is 42.6 Å². The van der Waals surface area contributed by atoms with Crippen molar-refractivity contribution in [2.45, 2.75) is 32.7 Å². The number of nitrogens with one attached hydrogen (secondary N) is 1. The number of anilines is 1. The van der Waals surface area contributed by atoms with Crippen LogP contribution in [0.3, 0.4) is 0 Å². The zero-order chi connectivity index (χ0) is 27.5. The van der Waals surface area contributed by atoms with E-state index in [0.29, 0.717) is 45.0 Å². The number of imide groups is 1. The molecule has 1 aliphatic rings. The number of benzene rings is 3. The number of hydrogen-bond acceptors (Lipinski definition) is 6. The van der Waals surface area contributed by atoms with Crippen LogP contribution in [0.2, 0.25) is 5.15 Å². The summed E-state index contributed by atoms with van der Waals surface area (Å²) >= 11 is 6.53. The van der Waals surface area contributed by atoms with Crippen LogP contribution in [0.4, 0.5) is 10.1 Å². The van der Waals surface area contributed by atoms with Crippen LogP contribution in [0.1, 0.15) is 57.6 Å². The van der Waals surface area contributed by atoms with Gasteiger partial charge < -0.3 is 9.67 Å². The van der Waals surface area contributed by atoms with Crippen molar-refractivity contribution in [3.8, 4) is 0 Å². The third-order valence-corrected chi connectivity index (χ3v) is 7.01. The van der Waals surface area contributed by atoms with Crippen molar-refractivity contribution in [2.24, 2.45) is 5.10 Å². The molecule has 4 aromatic rings. The van der Waals surface area contributed by atoms with Crippen LogP contribution in [0.15, 0.2) is 59.7 Å². The molecule has 2 N–H and O–H groups in total. The molecule has 10 heteroatoms. The third-order valence-electron chi connectivity index (χ3n) is 6.74. The lowest BCUT2D eigenvalue weighted by atomic mass is 9.93. The van der Waals surface area contributed by atoms with Crippen molar-refractivity contribution < 1.29 is 19.1 Å². The zero-order valence-corrected chi connectivity index (χ0v) is 22.1. The van der Waals surface area contributed by atoms with Crippen molar-refractivity contribution in [1.82, 2.24) is 14.5 Å². The lowest BCUT2D eigenvalue weighted by Crippen LogP contribution is -2.41. The fraction of sp³-hybridized carbons (Fsp3) is 0.241. The molecule has 200 valence electrons. The lowest BCUT2D eigenvalue weighted by Gasteiger charge is -2.27. The van der Waals surface area contributed by atoms with E-state index in [0.717, 1.165) is 35.6 Å². The Hall–Kier alpha value is -4.08. The van der Waals surface area contributed by atoms with Gasteiger partial charge in [0.25, 0.3) is 11.8 Å². The summed E-state index contributed by atoms with van der Waals surface area (Å²) < 4.78 is 15.4. The third kappa shape index (κ3) is 5.15. The van der Waals surface area contributed by atoms with Gasteiger partial charge in [-0.2, -0.15) is 5.10 Å². The molecular weight excluding hydrogens is 521 g/mol. The monoisotopic (exact) mass is 547 g/mol. The molecule has 0 radical (unpaired) electrons. The Balaban J connectivity index is 1.47. The fourth-order valence-electron chi connectivity index (χ4n) is 4.79. The van der Waals surface area contributed by atoms with Crippen LogP contribution in [-0.4, -0.2) is 50.7 Å². The van der Waals surface area contributed by atoms with Gasteiger partial charge in [0.15, 0.2) is 5.15 Å². The first kappa shape index (κ1) is 26.5. The van der Waals surface area contributed by atoms with Gasteiger partial charge in [0.2, 0.25) is 0 Å². The molecule has 1 aliphatic heterocycles. The molecule has 0 atom stereocenters. The van der Waals surface area contributed by atoms with E-state index in [1.165, 1.54) is 12.1 Å². The zero-order valence-electron chi connectivity index (χ0n) is 21.3. The molecule has 0 spiro atoms. The number of carbonyl (C=O) groups is 2.